The SMILES string of the molecule is CCC(C(=O)Nc1cn[nH]c1)c1ccccc1. The van der Waals surface area contributed by atoms with Gasteiger partial charge in [0.05, 0.1) is 17.8 Å². The highest BCUT2D eigenvalue weighted by Crippen LogP contribution is 2.20. The Bertz CT molecular complexity index is 465. The van der Waals surface area contributed by atoms with Crippen LogP contribution in [0.2, 0.25) is 0 Å². The van der Waals surface area contributed by atoms with Crippen LogP contribution in [-0.4, -0.2) is 16.1 Å². The van der Waals surface area contributed by atoms with Crippen molar-refractivity contribution in [3.05, 3.63) is 48.3 Å². The van der Waals surface area contributed by atoms with Crippen LogP contribution < -0.4 is 5.32 Å². The van der Waals surface area contributed by atoms with Gasteiger partial charge < -0.3 is 5.32 Å². The van der Waals surface area contributed by atoms with Crippen molar-refractivity contribution in [1.82, 2.24) is 10.2 Å². The molecule has 0 aliphatic heterocycles. The summed E-state index contributed by atoms with van der Waals surface area (Å²) in [7, 11) is 0. The zero-order valence-corrected chi connectivity index (χ0v) is 9.68. The molecule has 2 aromatic rings. The average molecular weight is 229 g/mol. The van der Waals surface area contributed by atoms with Gasteiger partial charge in [0.15, 0.2) is 0 Å². The largest absolute Gasteiger partial charge is 0.323 e. The van der Waals surface area contributed by atoms with E-state index in [-0.39, 0.29) is 11.8 Å². The summed E-state index contributed by atoms with van der Waals surface area (Å²) in [4.78, 5) is 12.1. The van der Waals surface area contributed by atoms with Crippen LogP contribution in [0.5, 0.6) is 0 Å². The number of carbonyl (C=O) groups excluding carboxylic acids is 1. The minimum absolute atomic E-state index is 0.0000926. The lowest BCUT2D eigenvalue weighted by Gasteiger charge is -2.14. The summed E-state index contributed by atoms with van der Waals surface area (Å²) in [5.41, 5.74) is 1.74. The molecule has 88 valence electrons. The Balaban J connectivity index is 2.11. The molecule has 0 aliphatic carbocycles. The molecule has 0 spiro atoms. The van der Waals surface area contributed by atoms with Crippen LogP contribution in [0.4, 0.5) is 5.69 Å². The standard InChI is InChI=1S/C13H15N3O/c1-2-12(10-6-4-3-5-7-10)13(17)16-11-8-14-15-9-11/h3-9,12H,2H2,1H3,(H,14,15)(H,16,17). The van der Waals surface area contributed by atoms with E-state index in [1.165, 1.54) is 0 Å². The Kier molecular flexibility index (Phi) is 3.55. The monoisotopic (exact) mass is 229 g/mol. The Morgan fingerprint density at radius 1 is 1.41 bits per heavy atom. The smallest absolute Gasteiger partial charge is 0.231 e. The number of nitrogens with zero attached hydrogens (tertiary/aromatic N) is 1. The lowest BCUT2D eigenvalue weighted by molar-refractivity contribution is -0.117. The molecule has 17 heavy (non-hydrogen) atoms. The van der Waals surface area contributed by atoms with Crippen LogP contribution >= 0.6 is 0 Å². The summed E-state index contributed by atoms with van der Waals surface area (Å²) in [5, 5.41) is 9.30. The quantitative estimate of drug-likeness (QED) is 0.846. The number of aromatic amines is 1. The van der Waals surface area contributed by atoms with Gasteiger partial charge in [0.1, 0.15) is 0 Å². The lowest BCUT2D eigenvalue weighted by atomic mass is 9.96. The highest BCUT2D eigenvalue weighted by Gasteiger charge is 2.18. The highest BCUT2D eigenvalue weighted by molar-refractivity contribution is 5.95. The van der Waals surface area contributed by atoms with Gasteiger partial charge >= 0.3 is 0 Å². The predicted octanol–water partition coefficient (Wildman–Crippen LogP) is 2.54. The van der Waals surface area contributed by atoms with Gasteiger partial charge in [-0.15, -0.1) is 0 Å². The van der Waals surface area contributed by atoms with Gasteiger partial charge in [0.25, 0.3) is 0 Å². The minimum Gasteiger partial charge on any atom is -0.323 e. The van der Waals surface area contributed by atoms with Gasteiger partial charge in [-0.3, -0.25) is 9.89 Å². The van der Waals surface area contributed by atoms with Gasteiger partial charge in [-0.1, -0.05) is 37.3 Å². The second-order valence-electron chi connectivity index (χ2n) is 3.85. The molecule has 1 heterocycles. The minimum atomic E-state index is -0.119. The Labute approximate surface area is 100 Å². The second-order valence-corrected chi connectivity index (χ2v) is 3.85. The predicted molar refractivity (Wildman–Crippen MR) is 66.7 cm³/mol. The number of rotatable bonds is 4. The van der Waals surface area contributed by atoms with Gasteiger partial charge in [-0.2, -0.15) is 5.10 Å². The van der Waals surface area contributed by atoms with Crippen molar-refractivity contribution in [2.24, 2.45) is 0 Å². The molecule has 1 unspecified atom stereocenters. The number of benzene rings is 1. The maximum absolute atomic E-state index is 12.1. The summed E-state index contributed by atoms with van der Waals surface area (Å²) < 4.78 is 0. The number of hydrogen-bond donors (Lipinski definition) is 2. The molecule has 0 aliphatic rings. The van der Waals surface area contributed by atoms with E-state index >= 15 is 0 Å². The van der Waals surface area contributed by atoms with E-state index in [0.29, 0.717) is 5.69 Å². The van der Waals surface area contributed by atoms with Crippen molar-refractivity contribution in [3.63, 3.8) is 0 Å². The molecule has 1 atom stereocenters. The molecule has 1 amide bonds. The first-order valence-corrected chi connectivity index (χ1v) is 5.66. The Morgan fingerprint density at radius 3 is 2.76 bits per heavy atom. The number of anilines is 1. The third-order valence-electron chi connectivity index (χ3n) is 2.69. The van der Waals surface area contributed by atoms with Crippen molar-refractivity contribution in [1.29, 1.82) is 0 Å². The molecule has 2 rings (SSSR count). The van der Waals surface area contributed by atoms with Crippen molar-refractivity contribution < 1.29 is 4.79 Å². The van der Waals surface area contributed by atoms with E-state index in [1.807, 2.05) is 37.3 Å². The number of nitrogens with one attached hydrogen (secondary N) is 2. The molecule has 0 radical (unpaired) electrons. The van der Waals surface area contributed by atoms with Crippen LogP contribution in [0.3, 0.4) is 0 Å². The first-order chi connectivity index (χ1) is 8.31. The summed E-state index contributed by atoms with van der Waals surface area (Å²) in [6.07, 6.45) is 4.03. The van der Waals surface area contributed by atoms with Crippen molar-refractivity contribution in [3.8, 4) is 0 Å². The lowest BCUT2D eigenvalue weighted by Crippen LogP contribution is -2.20. The van der Waals surface area contributed by atoms with Crippen LogP contribution in [-0.2, 0) is 4.79 Å². The molecule has 4 nitrogen and oxygen atoms in total. The molecule has 4 heteroatoms. The topological polar surface area (TPSA) is 57.8 Å². The fourth-order valence-corrected chi connectivity index (χ4v) is 1.81. The summed E-state index contributed by atoms with van der Waals surface area (Å²) in [5.74, 6) is -0.119. The first kappa shape index (κ1) is 11.4. The number of carbonyl (C=O) groups is 1. The van der Waals surface area contributed by atoms with Gasteiger partial charge in [-0.25, -0.2) is 0 Å². The summed E-state index contributed by atoms with van der Waals surface area (Å²) in [6.45, 7) is 2.01. The second kappa shape index (κ2) is 5.30. The maximum Gasteiger partial charge on any atom is 0.231 e. The van der Waals surface area contributed by atoms with E-state index in [1.54, 1.807) is 12.4 Å². The van der Waals surface area contributed by atoms with E-state index in [2.05, 4.69) is 15.5 Å². The van der Waals surface area contributed by atoms with E-state index < -0.39 is 0 Å². The van der Waals surface area contributed by atoms with Crippen molar-refractivity contribution in [2.45, 2.75) is 19.3 Å². The molecular formula is C13H15N3O. The number of hydrogen-bond acceptors (Lipinski definition) is 2. The van der Waals surface area contributed by atoms with Crippen molar-refractivity contribution in [2.75, 3.05) is 5.32 Å². The van der Waals surface area contributed by atoms with Gasteiger partial charge in [-0.05, 0) is 12.0 Å². The first-order valence-electron chi connectivity index (χ1n) is 5.66. The average Bonchev–Trinajstić information content (AvgIpc) is 2.84. The fraction of sp³-hybridized carbons (Fsp3) is 0.231. The van der Waals surface area contributed by atoms with Crippen LogP contribution in [0.1, 0.15) is 24.8 Å². The third kappa shape index (κ3) is 2.72. The highest BCUT2D eigenvalue weighted by atomic mass is 16.1. The molecule has 1 aromatic heterocycles. The van der Waals surface area contributed by atoms with E-state index in [9.17, 15) is 4.79 Å². The maximum atomic E-state index is 12.1. The number of amides is 1. The summed E-state index contributed by atoms with van der Waals surface area (Å²) in [6, 6.07) is 9.79. The molecular weight excluding hydrogens is 214 g/mol. The van der Waals surface area contributed by atoms with Crippen LogP contribution in [0, 0.1) is 0 Å². The van der Waals surface area contributed by atoms with Crippen LogP contribution in [0.15, 0.2) is 42.7 Å². The van der Waals surface area contributed by atoms with E-state index in [4.69, 9.17) is 0 Å². The third-order valence-corrected chi connectivity index (χ3v) is 2.69. The van der Waals surface area contributed by atoms with Gasteiger partial charge in [0.2, 0.25) is 5.91 Å². The molecule has 0 saturated carbocycles. The number of H-pyrrole nitrogens is 1. The molecule has 2 N–H and O–H groups in total. The Hall–Kier alpha value is -2.10. The summed E-state index contributed by atoms with van der Waals surface area (Å²) >= 11 is 0. The fourth-order valence-electron chi connectivity index (χ4n) is 1.81. The van der Waals surface area contributed by atoms with E-state index in [0.717, 1.165) is 12.0 Å². The molecule has 0 saturated heterocycles. The zero-order chi connectivity index (χ0) is 12.1. The number of aromatic nitrogens is 2. The van der Waals surface area contributed by atoms with Gasteiger partial charge in [0, 0.05) is 6.20 Å². The van der Waals surface area contributed by atoms with Crippen molar-refractivity contribution >= 4 is 11.6 Å². The molecule has 0 fully saturated rings. The Morgan fingerprint density at radius 2 is 2.18 bits per heavy atom. The zero-order valence-electron chi connectivity index (χ0n) is 9.68. The van der Waals surface area contributed by atoms with Crippen LogP contribution in [0.25, 0.3) is 0 Å². The molecule has 1 aromatic carbocycles. The normalized spacial score (nSPS) is 12.1. The molecule has 0 bridgehead atoms.